The third-order valence-corrected chi connectivity index (χ3v) is 13.1. The fourth-order valence-electron chi connectivity index (χ4n) is 11.1. The SMILES string of the molecule is CC(C)C1=CC2CC3(C=O)[C@@H]4CC[C@@H](C)[C@H]4CC2([C@@H]2C[C@H](CC4CCCC4)[C@@H](CI)O2)[C@]13C(=O)O. The number of hydrogen-bond donors (Lipinski definition) is 1. The highest BCUT2D eigenvalue weighted by molar-refractivity contribution is 14.1. The Kier molecular flexibility index (Phi) is 6.07. The van der Waals surface area contributed by atoms with Crippen LogP contribution < -0.4 is 0 Å². The number of rotatable bonds is 7. The van der Waals surface area contributed by atoms with Gasteiger partial charge in [-0.2, -0.15) is 0 Å². The molecule has 4 nitrogen and oxygen atoms in total. The second kappa shape index (κ2) is 8.54. The molecule has 194 valence electrons. The number of hydrogen-bond acceptors (Lipinski definition) is 3. The molecular formula is C30H43IO4. The number of aldehydes is 1. The Morgan fingerprint density at radius 2 is 1.97 bits per heavy atom. The zero-order valence-electron chi connectivity index (χ0n) is 21.7. The standard InChI is InChI=1S/C30H43IO4/c1-17(2)24-12-21-13-28(16-32)23-9-8-18(3)22(23)14-29(21,30(24,28)27(33)34)26-11-20(25(15-31)35-26)10-19-6-4-5-7-19/h12,16-23,25-26H,4-11,13-15H2,1-3H3,(H,33,34)/t18-,20+,21?,22-,23-,25-,26+,28?,29?,30+/m1/s1. The minimum atomic E-state index is -1.10. The third kappa shape index (κ3) is 2.95. The van der Waals surface area contributed by atoms with Gasteiger partial charge in [0.2, 0.25) is 0 Å². The fourth-order valence-corrected chi connectivity index (χ4v) is 12.0. The number of carbonyl (C=O) groups is 2. The van der Waals surface area contributed by atoms with Crippen molar-refractivity contribution in [2.75, 3.05) is 4.43 Å². The molecule has 5 aliphatic carbocycles. The van der Waals surface area contributed by atoms with Gasteiger partial charge in [0.15, 0.2) is 0 Å². The Morgan fingerprint density at radius 1 is 1.23 bits per heavy atom. The van der Waals surface area contributed by atoms with Crippen LogP contribution in [0, 0.1) is 57.7 Å². The van der Waals surface area contributed by atoms with Crippen molar-refractivity contribution in [2.24, 2.45) is 57.7 Å². The summed E-state index contributed by atoms with van der Waals surface area (Å²) >= 11 is 2.48. The van der Waals surface area contributed by atoms with E-state index in [4.69, 9.17) is 4.74 Å². The molecule has 4 saturated carbocycles. The van der Waals surface area contributed by atoms with Gasteiger partial charge >= 0.3 is 5.97 Å². The second-order valence-electron chi connectivity index (χ2n) is 13.6. The van der Waals surface area contributed by atoms with Gasteiger partial charge in [-0.15, -0.1) is 0 Å². The second-order valence-corrected chi connectivity index (χ2v) is 14.5. The number of alkyl halides is 1. The van der Waals surface area contributed by atoms with Crippen molar-refractivity contribution in [3.8, 4) is 0 Å². The Hall–Kier alpha value is -0.430. The van der Waals surface area contributed by atoms with E-state index in [0.29, 0.717) is 17.8 Å². The van der Waals surface area contributed by atoms with Crippen LogP contribution in [0.1, 0.15) is 85.0 Å². The molecule has 0 aromatic carbocycles. The summed E-state index contributed by atoms with van der Waals surface area (Å²) in [5.41, 5.74) is -1.32. The van der Waals surface area contributed by atoms with Gasteiger partial charge in [0.25, 0.3) is 0 Å². The van der Waals surface area contributed by atoms with Crippen molar-refractivity contribution >= 4 is 34.8 Å². The van der Waals surface area contributed by atoms with Crippen LogP contribution in [0.15, 0.2) is 11.6 Å². The quantitative estimate of drug-likeness (QED) is 0.154. The molecule has 6 rings (SSSR count). The molecule has 0 spiro atoms. The largest absolute Gasteiger partial charge is 0.481 e. The minimum absolute atomic E-state index is 0.0576. The molecule has 3 unspecified atom stereocenters. The summed E-state index contributed by atoms with van der Waals surface area (Å²) in [6, 6.07) is 0. The molecule has 6 aliphatic rings. The summed E-state index contributed by atoms with van der Waals surface area (Å²) in [6.07, 6.45) is 15.0. The molecule has 0 aromatic heterocycles. The van der Waals surface area contributed by atoms with Crippen LogP contribution in [0.25, 0.3) is 0 Å². The first-order valence-corrected chi connectivity index (χ1v) is 15.9. The third-order valence-electron chi connectivity index (χ3n) is 12.2. The summed E-state index contributed by atoms with van der Waals surface area (Å²) in [4.78, 5) is 27.1. The van der Waals surface area contributed by atoms with Crippen molar-refractivity contribution < 1.29 is 19.4 Å². The molecule has 1 saturated heterocycles. The molecule has 1 aliphatic heterocycles. The number of aliphatic carboxylic acids is 1. The zero-order valence-corrected chi connectivity index (χ0v) is 23.8. The van der Waals surface area contributed by atoms with E-state index in [-0.39, 0.29) is 30.0 Å². The first-order valence-electron chi connectivity index (χ1n) is 14.4. The van der Waals surface area contributed by atoms with Crippen molar-refractivity contribution in [3.63, 3.8) is 0 Å². The number of ether oxygens (including phenoxy) is 1. The van der Waals surface area contributed by atoms with E-state index in [1.807, 2.05) is 0 Å². The molecule has 5 heteroatoms. The van der Waals surface area contributed by atoms with E-state index in [0.717, 1.165) is 54.3 Å². The predicted molar refractivity (Wildman–Crippen MR) is 144 cm³/mol. The van der Waals surface area contributed by atoms with Gasteiger partial charge in [-0.25, -0.2) is 0 Å². The normalized spacial score (nSPS) is 50.7. The number of halogens is 1. The van der Waals surface area contributed by atoms with Crippen molar-refractivity contribution in [2.45, 2.75) is 97.2 Å². The van der Waals surface area contributed by atoms with Crippen molar-refractivity contribution in [3.05, 3.63) is 11.6 Å². The van der Waals surface area contributed by atoms with Crippen LogP contribution in [-0.2, 0) is 14.3 Å². The van der Waals surface area contributed by atoms with Gasteiger partial charge in [0.05, 0.1) is 17.6 Å². The lowest BCUT2D eigenvalue weighted by molar-refractivity contribution is -0.196. The number of carboxylic acids is 1. The minimum Gasteiger partial charge on any atom is -0.481 e. The van der Waals surface area contributed by atoms with E-state index < -0.39 is 22.2 Å². The number of carboxylic acid groups (broad SMARTS) is 1. The van der Waals surface area contributed by atoms with Gasteiger partial charge in [0, 0.05) is 9.84 Å². The van der Waals surface area contributed by atoms with Crippen LogP contribution >= 0.6 is 22.6 Å². The molecule has 1 N–H and O–H groups in total. The Bertz CT molecular complexity index is 923. The van der Waals surface area contributed by atoms with Gasteiger partial charge < -0.3 is 14.6 Å². The fraction of sp³-hybridized carbons (Fsp3) is 0.867. The molecule has 35 heavy (non-hydrogen) atoms. The summed E-state index contributed by atoms with van der Waals surface area (Å²) in [5.74, 6) is 2.05. The van der Waals surface area contributed by atoms with E-state index in [9.17, 15) is 14.7 Å². The van der Waals surface area contributed by atoms with Crippen LogP contribution in [-0.4, -0.2) is 34.0 Å². The van der Waals surface area contributed by atoms with E-state index in [1.54, 1.807) is 0 Å². The Labute approximate surface area is 224 Å². The van der Waals surface area contributed by atoms with Crippen LogP contribution in [0.3, 0.4) is 0 Å². The average Bonchev–Trinajstić information content (AvgIpc) is 3.63. The zero-order chi connectivity index (χ0) is 24.8. The molecule has 0 amide bonds. The molecular weight excluding hydrogens is 551 g/mol. The molecule has 1 heterocycles. The maximum atomic E-state index is 13.8. The highest BCUT2D eigenvalue weighted by Gasteiger charge is 2.86. The lowest BCUT2D eigenvalue weighted by Gasteiger charge is -2.60. The van der Waals surface area contributed by atoms with Gasteiger partial charge in [-0.3, -0.25) is 4.79 Å². The van der Waals surface area contributed by atoms with Crippen LogP contribution in [0.2, 0.25) is 0 Å². The summed E-state index contributed by atoms with van der Waals surface area (Å²) < 4.78 is 8.00. The van der Waals surface area contributed by atoms with E-state index in [2.05, 4.69) is 49.4 Å². The number of fused-ring (bicyclic) bond motifs is 2. The molecule has 4 bridgehead atoms. The van der Waals surface area contributed by atoms with Gasteiger partial charge in [0.1, 0.15) is 11.7 Å². The van der Waals surface area contributed by atoms with Crippen molar-refractivity contribution in [1.82, 2.24) is 0 Å². The lowest BCUT2D eigenvalue weighted by Crippen LogP contribution is -2.65. The number of allylic oxidation sites excluding steroid dienone is 1. The maximum Gasteiger partial charge on any atom is 0.315 e. The summed E-state index contributed by atoms with van der Waals surface area (Å²) in [5, 5.41) is 11.3. The van der Waals surface area contributed by atoms with Gasteiger partial charge in [-0.05, 0) is 73.5 Å². The smallest absolute Gasteiger partial charge is 0.315 e. The van der Waals surface area contributed by atoms with E-state index >= 15 is 0 Å². The highest BCUT2D eigenvalue weighted by Crippen LogP contribution is 2.84. The summed E-state index contributed by atoms with van der Waals surface area (Å²) in [7, 11) is 0. The molecule has 0 radical (unpaired) electrons. The topological polar surface area (TPSA) is 63.6 Å². The van der Waals surface area contributed by atoms with Gasteiger partial charge in [-0.1, -0.05) is 87.1 Å². The molecule has 0 aromatic rings. The van der Waals surface area contributed by atoms with Crippen LogP contribution in [0.4, 0.5) is 0 Å². The number of carbonyl (C=O) groups excluding carboxylic acids is 1. The first-order chi connectivity index (χ1) is 16.8. The summed E-state index contributed by atoms with van der Waals surface area (Å²) in [6.45, 7) is 6.62. The molecule has 5 fully saturated rings. The molecule has 10 atom stereocenters. The first kappa shape index (κ1) is 24.9. The lowest BCUT2D eigenvalue weighted by atomic mass is 9.41. The van der Waals surface area contributed by atoms with E-state index in [1.165, 1.54) is 32.1 Å². The highest BCUT2D eigenvalue weighted by atomic mass is 127. The Morgan fingerprint density at radius 3 is 2.60 bits per heavy atom. The van der Waals surface area contributed by atoms with Crippen LogP contribution in [0.5, 0.6) is 0 Å². The van der Waals surface area contributed by atoms with Crippen molar-refractivity contribution in [1.29, 1.82) is 0 Å². The Balaban J connectivity index is 1.48. The predicted octanol–water partition coefficient (Wildman–Crippen LogP) is 6.70. The monoisotopic (exact) mass is 594 g/mol. The average molecular weight is 595 g/mol. The maximum absolute atomic E-state index is 13.8.